The maximum absolute atomic E-state index is 8.65. The summed E-state index contributed by atoms with van der Waals surface area (Å²) < 4.78 is 5.69. The van der Waals surface area contributed by atoms with E-state index in [2.05, 4.69) is 11.8 Å². The lowest BCUT2D eigenvalue weighted by Crippen LogP contribution is -2.13. The third-order valence-corrected chi connectivity index (χ3v) is 3.40. The van der Waals surface area contributed by atoms with Crippen molar-refractivity contribution in [3.05, 3.63) is 35.4 Å². The minimum absolute atomic E-state index is 0.0951. The molecule has 2 nitrogen and oxygen atoms in total. The smallest absolute Gasteiger partial charge is 0.104 e. The molecular formula is C16H20O2. The Bertz CT molecular complexity index is 424. The van der Waals surface area contributed by atoms with Gasteiger partial charge in [0.15, 0.2) is 0 Å². The van der Waals surface area contributed by atoms with Crippen molar-refractivity contribution in [2.75, 3.05) is 13.2 Å². The van der Waals surface area contributed by atoms with Crippen LogP contribution in [-0.2, 0) is 11.3 Å². The van der Waals surface area contributed by atoms with Crippen molar-refractivity contribution in [1.82, 2.24) is 0 Å². The molecule has 2 heteroatoms. The Morgan fingerprint density at radius 2 is 2.22 bits per heavy atom. The van der Waals surface area contributed by atoms with Crippen LogP contribution in [0.1, 0.15) is 36.8 Å². The number of aliphatic hydroxyl groups excluding tert-OH is 1. The van der Waals surface area contributed by atoms with Gasteiger partial charge in [0.1, 0.15) is 6.61 Å². The fourth-order valence-electron chi connectivity index (χ4n) is 2.10. The van der Waals surface area contributed by atoms with Crippen molar-refractivity contribution in [3.8, 4) is 11.8 Å². The van der Waals surface area contributed by atoms with E-state index in [1.165, 1.54) is 25.7 Å². The zero-order valence-corrected chi connectivity index (χ0v) is 10.7. The average molecular weight is 244 g/mol. The van der Waals surface area contributed by atoms with Crippen LogP contribution in [0.25, 0.3) is 0 Å². The van der Waals surface area contributed by atoms with E-state index >= 15 is 0 Å². The number of benzene rings is 1. The highest BCUT2D eigenvalue weighted by atomic mass is 16.5. The molecule has 96 valence electrons. The first-order valence-corrected chi connectivity index (χ1v) is 6.65. The second-order valence-electron chi connectivity index (χ2n) is 4.80. The minimum atomic E-state index is -0.0951. The van der Waals surface area contributed by atoms with Crippen molar-refractivity contribution in [1.29, 1.82) is 0 Å². The van der Waals surface area contributed by atoms with E-state index in [0.717, 1.165) is 23.7 Å². The SMILES string of the molecule is OCC#Cc1cccc(COCCC2CCC2)c1. The first-order valence-electron chi connectivity index (χ1n) is 6.65. The fourth-order valence-corrected chi connectivity index (χ4v) is 2.10. The molecule has 0 aliphatic heterocycles. The molecule has 0 atom stereocenters. The van der Waals surface area contributed by atoms with E-state index in [1.807, 2.05) is 24.3 Å². The van der Waals surface area contributed by atoms with Gasteiger partial charge in [-0.3, -0.25) is 0 Å². The van der Waals surface area contributed by atoms with Gasteiger partial charge in [0.05, 0.1) is 6.61 Å². The fraction of sp³-hybridized carbons (Fsp3) is 0.500. The highest BCUT2D eigenvalue weighted by Gasteiger charge is 2.16. The van der Waals surface area contributed by atoms with Gasteiger partial charge < -0.3 is 9.84 Å². The molecule has 1 aromatic rings. The van der Waals surface area contributed by atoms with Gasteiger partial charge in [0.25, 0.3) is 0 Å². The molecule has 1 N–H and O–H groups in total. The molecule has 1 aliphatic rings. The summed E-state index contributed by atoms with van der Waals surface area (Å²) in [4.78, 5) is 0. The lowest BCUT2D eigenvalue weighted by Gasteiger charge is -2.24. The Kier molecular flexibility index (Phi) is 5.26. The zero-order chi connectivity index (χ0) is 12.6. The Morgan fingerprint density at radius 1 is 1.33 bits per heavy atom. The summed E-state index contributed by atoms with van der Waals surface area (Å²) in [5, 5.41) is 8.65. The maximum atomic E-state index is 8.65. The van der Waals surface area contributed by atoms with Crippen molar-refractivity contribution < 1.29 is 9.84 Å². The van der Waals surface area contributed by atoms with Crippen molar-refractivity contribution >= 4 is 0 Å². The Hall–Kier alpha value is -1.30. The normalized spacial score (nSPS) is 14.7. The van der Waals surface area contributed by atoms with Gasteiger partial charge in [0, 0.05) is 12.2 Å². The number of ether oxygens (including phenoxy) is 1. The summed E-state index contributed by atoms with van der Waals surface area (Å²) in [7, 11) is 0. The van der Waals surface area contributed by atoms with Crippen LogP contribution in [0.3, 0.4) is 0 Å². The molecule has 0 bridgehead atoms. The lowest BCUT2D eigenvalue weighted by atomic mass is 9.83. The first-order chi connectivity index (χ1) is 8.88. The second kappa shape index (κ2) is 7.20. The van der Waals surface area contributed by atoms with Gasteiger partial charge in [0.2, 0.25) is 0 Å². The predicted molar refractivity (Wildman–Crippen MR) is 72.0 cm³/mol. The van der Waals surface area contributed by atoms with Crippen LogP contribution in [0.15, 0.2) is 24.3 Å². The molecule has 1 fully saturated rings. The molecule has 1 saturated carbocycles. The molecule has 18 heavy (non-hydrogen) atoms. The first kappa shape index (κ1) is 13.1. The van der Waals surface area contributed by atoms with Crippen LogP contribution in [0.2, 0.25) is 0 Å². The summed E-state index contributed by atoms with van der Waals surface area (Å²) in [6.07, 6.45) is 5.37. The molecule has 0 unspecified atom stereocenters. The van der Waals surface area contributed by atoms with E-state index < -0.39 is 0 Å². The average Bonchev–Trinajstić information content (AvgIpc) is 2.34. The molecule has 1 aromatic carbocycles. The van der Waals surface area contributed by atoms with Gasteiger partial charge in [-0.15, -0.1) is 0 Å². The van der Waals surface area contributed by atoms with E-state index in [4.69, 9.17) is 9.84 Å². The molecule has 0 radical (unpaired) electrons. The molecule has 0 amide bonds. The molecule has 0 saturated heterocycles. The maximum Gasteiger partial charge on any atom is 0.104 e. The van der Waals surface area contributed by atoms with Gasteiger partial charge in [-0.05, 0) is 30.0 Å². The topological polar surface area (TPSA) is 29.5 Å². The summed E-state index contributed by atoms with van der Waals surface area (Å²) >= 11 is 0. The zero-order valence-electron chi connectivity index (χ0n) is 10.7. The molecule has 1 aliphatic carbocycles. The number of hydrogen-bond acceptors (Lipinski definition) is 2. The van der Waals surface area contributed by atoms with Crippen LogP contribution >= 0.6 is 0 Å². The van der Waals surface area contributed by atoms with Crippen LogP contribution < -0.4 is 0 Å². The number of rotatable bonds is 5. The highest BCUT2D eigenvalue weighted by Crippen LogP contribution is 2.29. The standard InChI is InChI=1S/C16H20O2/c17-10-3-8-15-6-2-7-16(12-15)13-18-11-9-14-4-1-5-14/h2,6-7,12,14,17H,1,4-5,9-11,13H2. The predicted octanol–water partition coefficient (Wildman–Crippen LogP) is 2.74. The van der Waals surface area contributed by atoms with Crippen molar-refractivity contribution in [2.45, 2.75) is 32.3 Å². The summed E-state index contributed by atoms with van der Waals surface area (Å²) in [6.45, 7) is 1.42. The third-order valence-electron chi connectivity index (χ3n) is 3.40. The quantitative estimate of drug-likeness (QED) is 0.637. The summed E-state index contributed by atoms with van der Waals surface area (Å²) in [5.41, 5.74) is 2.08. The van der Waals surface area contributed by atoms with Gasteiger partial charge in [-0.25, -0.2) is 0 Å². The molecular weight excluding hydrogens is 224 g/mol. The lowest BCUT2D eigenvalue weighted by molar-refractivity contribution is 0.0950. The van der Waals surface area contributed by atoms with Gasteiger partial charge in [-0.1, -0.05) is 43.2 Å². The van der Waals surface area contributed by atoms with Crippen LogP contribution in [0.5, 0.6) is 0 Å². The van der Waals surface area contributed by atoms with E-state index in [0.29, 0.717) is 6.61 Å². The second-order valence-corrected chi connectivity index (χ2v) is 4.80. The van der Waals surface area contributed by atoms with Crippen molar-refractivity contribution in [3.63, 3.8) is 0 Å². The van der Waals surface area contributed by atoms with Crippen LogP contribution in [0.4, 0.5) is 0 Å². The Morgan fingerprint density at radius 3 is 2.94 bits per heavy atom. The molecule has 2 rings (SSSR count). The van der Waals surface area contributed by atoms with E-state index in [9.17, 15) is 0 Å². The van der Waals surface area contributed by atoms with Gasteiger partial charge in [-0.2, -0.15) is 0 Å². The summed E-state index contributed by atoms with van der Waals surface area (Å²) in [5.74, 6) is 6.47. The summed E-state index contributed by atoms with van der Waals surface area (Å²) in [6, 6.07) is 7.99. The van der Waals surface area contributed by atoms with E-state index in [1.54, 1.807) is 0 Å². The van der Waals surface area contributed by atoms with E-state index in [-0.39, 0.29) is 6.61 Å². The molecule has 0 heterocycles. The molecule has 0 spiro atoms. The third kappa shape index (κ3) is 4.18. The Balaban J connectivity index is 1.74. The van der Waals surface area contributed by atoms with Crippen LogP contribution in [0, 0.1) is 17.8 Å². The largest absolute Gasteiger partial charge is 0.384 e. The number of hydrogen-bond donors (Lipinski definition) is 1. The highest BCUT2D eigenvalue weighted by molar-refractivity contribution is 5.36. The Labute approximate surface area is 109 Å². The number of aliphatic hydroxyl groups is 1. The van der Waals surface area contributed by atoms with Crippen LogP contribution in [-0.4, -0.2) is 18.3 Å². The molecule has 0 aromatic heterocycles. The van der Waals surface area contributed by atoms with Crippen molar-refractivity contribution in [2.24, 2.45) is 5.92 Å². The van der Waals surface area contributed by atoms with Gasteiger partial charge >= 0.3 is 0 Å². The minimum Gasteiger partial charge on any atom is -0.384 e. The monoisotopic (exact) mass is 244 g/mol.